The molecular weight excluding hydrogens is 447 g/mol. The maximum Gasteiger partial charge on any atom is 0.233 e. The van der Waals surface area contributed by atoms with Crippen LogP contribution >= 0.6 is 0 Å². The molecule has 1 aromatic heterocycles. The average molecular weight is 480 g/mol. The zero-order valence-corrected chi connectivity index (χ0v) is 20.1. The summed E-state index contributed by atoms with van der Waals surface area (Å²) in [6.45, 7) is 7.53. The normalized spacial score (nSPS) is 17.8. The summed E-state index contributed by atoms with van der Waals surface area (Å²) in [7, 11) is 0. The summed E-state index contributed by atoms with van der Waals surface area (Å²) in [4.78, 5) is 26.4. The molecule has 2 aliphatic carbocycles. The predicted molar refractivity (Wildman–Crippen MR) is 132 cm³/mol. The molecule has 2 aromatic rings. The maximum atomic E-state index is 15.0. The smallest absolute Gasteiger partial charge is 0.233 e. The van der Waals surface area contributed by atoms with E-state index in [0.29, 0.717) is 29.3 Å². The molecule has 4 rings (SSSR count). The standard InChI is InChI=1S/C26H31FN6O2/c1-4-6-22(29-16(3)32-33(35)19-10-11-19)20(5-2)26(34)31-23-12-9-18(13-21(23)27)25-15-28-14-24(30-25)17-7-8-17/h4,6,9,12-15,17,19-20,32,35H,3,5,7-8,10-11H2,1-2H3,(H,31,34)/p+1/b6-4-,29-22+. The van der Waals surface area contributed by atoms with Crippen LogP contribution in [0.15, 0.2) is 60.1 Å². The van der Waals surface area contributed by atoms with Gasteiger partial charge in [-0.25, -0.2) is 14.4 Å². The number of benzene rings is 1. The maximum absolute atomic E-state index is 15.0. The van der Waals surface area contributed by atoms with E-state index in [-0.39, 0.29) is 28.6 Å². The fourth-order valence-corrected chi connectivity index (χ4v) is 3.81. The van der Waals surface area contributed by atoms with Gasteiger partial charge in [-0.3, -0.25) is 9.78 Å². The summed E-state index contributed by atoms with van der Waals surface area (Å²) in [5.74, 6) is -0.864. The Morgan fingerprint density at radius 3 is 2.74 bits per heavy atom. The van der Waals surface area contributed by atoms with E-state index in [1.54, 1.807) is 30.6 Å². The molecule has 1 amide bonds. The van der Waals surface area contributed by atoms with Gasteiger partial charge in [0.05, 0.1) is 34.9 Å². The fourth-order valence-electron chi connectivity index (χ4n) is 3.81. The lowest BCUT2D eigenvalue weighted by molar-refractivity contribution is -1.13. The van der Waals surface area contributed by atoms with Gasteiger partial charge in [0.1, 0.15) is 11.9 Å². The lowest BCUT2D eigenvalue weighted by atomic mass is 9.98. The minimum absolute atomic E-state index is 0.0833. The zero-order chi connectivity index (χ0) is 24.9. The van der Waals surface area contributed by atoms with Crippen molar-refractivity contribution >= 4 is 17.3 Å². The largest absolute Gasteiger partial charge is 0.323 e. The molecule has 2 atom stereocenters. The highest BCUT2D eigenvalue weighted by Gasteiger charge is 2.34. The third kappa shape index (κ3) is 6.37. The van der Waals surface area contributed by atoms with Crippen molar-refractivity contribution < 1.29 is 19.6 Å². The Balaban J connectivity index is 1.47. The SMILES string of the molecule is C=C(/N=C(\C=C/C)C(CC)C(=O)Nc1ccc(-c2cncc(C3CC3)n2)cc1F)N[NH+](O)C1CC1. The lowest BCUT2D eigenvalue weighted by Crippen LogP contribution is -3.17. The Morgan fingerprint density at radius 1 is 1.34 bits per heavy atom. The molecule has 1 heterocycles. The van der Waals surface area contributed by atoms with Crippen molar-refractivity contribution in [3.8, 4) is 11.3 Å². The Hall–Kier alpha value is -3.43. The molecule has 2 fully saturated rings. The van der Waals surface area contributed by atoms with Crippen LogP contribution in [0.5, 0.6) is 0 Å². The Morgan fingerprint density at radius 2 is 2.11 bits per heavy atom. The molecule has 0 bridgehead atoms. The third-order valence-electron chi connectivity index (χ3n) is 6.09. The van der Waals surface area contributed by atoms with Crippen molar-refractivity contribution in [3.05, 3.63) is 66.7 Å². The molecule has 0 saturated heterocycles. The second-order valence-corrected chi connectivity index (χ2v) is 9.02. The molecule has 1 aromatic carbocycles. The number of quaternary nitrogens is 1. The molecular formula is C26H32FN6O2+. The van der Waals surface area contributed by atoms with Gasteiger partial charge < -0.3 is 5.32 Å². The van der Waals surface area contributed by atoms with E-state index in [9.17, 15) is 14.4 Å². The van der Waals surface area contributed by atoms with Gasteiger partial charge in [0, 0.05) is 30.5 Å². The van der Waals surface area contributed by atoms with Gasteiger partial charge in [-0.05, 0) is 44.4 Å². The van der Waals surface area contributed by atoms with E-state index in [2.05, 4.69) is 32.3 Å². The van der Waals surface area contributed by atoms with Crippen LogP contribution in [0.2, 0.25) is 0 Å². The first-order valence-corrected chi connectivity index (χ1v) is 12.0. The van der Waals surface area contributed by atoms with E-state index in [1.165, 1.54) is 12.1 Å². The van der Waals surface area contributed by atoms with Crippen molar-refractivity contribution in [1.29, 1.82) is 0 Å². The van der Waals surface area contributed by atoms with E-state index >= 15 is 0 Å². The summed E-state index contributed by atoms with van der Waals surface area (Å²) >= 11 is 0. The van der Waals surface area contributed by atoms with E-state index in [1.807, 2.05) is 13.8 Å². The number of allylic oxidation sites excluding steroid dienone is 2. The predicted octanol–water partition coefficient (Wildman–Crippen LogP) is 3.55. The van der Waals surface area contributed by atoms with Gasteiger partial charge in [-0.1, -0.05) is 30.8 Å². The molecule has 2 aliphatic rings. The first-order chi connectivity index (χ1) is 16.9. The van der Waals surface area contributed by atoms with Crippen molar-refractivity contribution in [2.24, 2.45) is 10.9 Å². The molecule has 0 radical (unpaired) electrons. The number of halogens is 1. The first kappa shape index (κ1) is 24.7. The van der Waals surface area contributed by atoms with Crippen molar-refractivity contribution in [2.45, 2.75) is 57.9 Å². The van der Waals surface area contributed by atoms with E-state index in [0.717, 1.165) is 31.4 Å². The molecule has 4 N–H and O–H groups in total. The number of hydrogen-bond acceptors (Lipinski definition) is 6. The molecule has 8 nitrogen and oxygen atoms in total. The number of carbonyl (C=O) groups excluding carboxylic acids is 1. The molecule has 0 aliphatic heterocycles. The molecule has 9 heteroatoms. The van der Waals surface area contributed by atoms with Gasteiger partial charge in [-0.15, -0.1) is 0 Å². The van der Waals surface area contributed by atoms with Crippen LogP contribution in [-0.4, -0.2) is 32.8 Å². The number of carbonyl (C=O) groups is 1. The van der Waals surface area contributed by atoms with Gasteiger partial charge in [0.25, 0.3) is 0 Å². The van der Waals surface area contributed by atoms with Crippen LogP contribution in [0.25, 0.3) is 11.3 Å². The van der Waals surface area contributed by atoms with Crippen LogP contribution < -0.4 is 15.9 Å². The highest BCUT2D eigenvalue weighted by Crippen LogP contribution is 2.39. The van der Waals surface area contributed by atoms with Gasteiger partial charge in [0.15, 0.2) is 5.82 Å². The lowest BCUT2D eigenvalue weighted by Gasteiger charge is -2.17. The monoisotopic (exact) mass is 479 g/mol. The number of anilines is 1. The van der Waals surface area contributed by atoms with Gasteiger partial charge in [-0.2, -0.15) is 10.6 Å². The van der Waals surface area contributed by atoms with Crippen molar-refractivity contribution in [2.75, 3.05) is 5.32 Å². The number of amides is 1. The minimum Gasteiger partial charge on any atom is -0.323 e. The first-order valence-electron chi connectivity index (χ1n) is 12.0. The summed E-state index contributed by atoms with van der Waals surface area (Å²) in [5, 5.41) is 12.8. The van der Waals surface area contributed by atoms with Crippen LogP contribution in [-0.2, 0) is 4.79 Å². The summed E-state index contributed by atoms with van der Waals surface area (Å²) in [5.41, 5.74) is 5.50. The second-order valence-electron chi connectivity index (χ2n) is 9.02. The number of hydrogen-bond donors (Lipinski definition) is 4. The quantitative estimate of drug-likeness (QED) is 0.292. The van der Waals surface area contributed by atoms with Gasteiger partial charge in [0.2, 0.25) is 5.91 Å². The van der Waals surface area contributed by atoms with E-state index in [4.69, 9.17) is 0 Å². The van der Waals surface area contributed by atoms with Gasteiger partial charge >= 0.3 is 0 Å². The average Bonchev–Trinajstić information content (AvgIpc) is 3.74. The molecule has 35 heavy (non-hydrogen) atoms. The molecule has 0 spiro atoms. The Labute approximate surface area is 204 Å². The summed E-state index contributed by atoms with van der Waals surface area (Å²) in [6.07, 6.45) is 11.4. The number of hydroxylamine groups is 1. The van der Waals surface area contributed by atoms with Crippen LogP contribution in [0.1, 0.15) is 57.6 Å². The molecule has 184 valence electrons. The van der Waals surface area contributed by atoms with Crippen molar-refractivity contribution in [1.82, 2.24) is 15.4 Å². The second kappa shape index (κ2) is 10.9. The Bertz CT molecular complexity index is 1160. The summed E-state index contributed by atoms with van der Waals surface area (Å²) in [6, 6.07) is 4.76. The van der Waals surface area contributed by atoms with E-state index < -0.39 is 11.7 Å². The number of aliphatic imine (C=N–C) groups is 1. The number of rotatable bonds is 11. The van der Waals surface area contributed by atoms with Crippen LogP contribution in [0.4, 0.5) is 10.1 Å². The molecule has 2 saturated carbocycles. The summed E-state index contributed by atoms with van der Waals surface area (Å²) < 4.78 is 15.0. The van der Waals surface area contributed by atoms with Crippen LogP contribution in [0, 0.1) is 11.7 Å². The number of nitrogens with zero attached hydrogens (tertiary/aromatic N) is 3. The number of aromatic nitrogens is 2. The van der Waals surface area contributed by atoms with Crippen LogP contribution in [0.3, 0.4) is 0 Å². The number of nitrogens with one attached hydrogen (secondary N) is 3. The highest BCUT2D eigenvalue weighted by molar-refractivity contribution is 6.13. The highest BCUT2D eigenvalue weighted by atomic mass is 19.1. The third-order valence-corrected chi connectivity index (χ3v) is 6.09. The Kier molecular flexibility index (Phi) is 7.67. The fraction of sp³-hybridized carbons (Fsp3) is 0.385. The molecule has 2 unspecified atom stereocenters. The van der Waals surface area contributed by atoms with Crippen molar-refractivity contribution in [3.63, 3.8) is 0 Å². The zero-order valence-electron chi connectivity index (χ0n) is 20.1. The minimum atomic E-state index is -0.631. The topological polar surface area (TPSA) is 104 Å².